The minimum Gasteiger partial charge on any atom is -0.490 e. The molecule has 2 aromatic carbocycles. The average Bonchev–Trinajstić information content (AvgIpc) is 3.27. The van der Waals surface area contributed by atoms with Gasteiger partial charge in [0.05, 0.1) is 24.0 Å². The van der Waals surface area contributed by atoms with Crippen molar-refractivity contribution in [2.75, 3.05) is 38.9 Å². The zero-order valence-electron chi connectivity index (χ0n) is 16.9. The summed E-state index contributed by atoms with van der Waals surface area (Å²) in [4.78, 5) is 12.7. The summed E-state index contributed by atoms with van der Waals surface area (Å²) in [7, 11) is 1.59. The van der Waals surface area contributed by atoms with E-state index >= 15 is 0 Å². The molecule has 0 spiro atoms. The number of thiocarbonyl (C=S) groups is 1. The van der Waals surface area contributed by atoms with Crippen LogP contribution in [0.2, 0.25) is 0 Å². The SMILES string of the molecule is COCCOc1ccccc1C(=O)NC(=S)Nc1ccccc1OCC1CCCO1. The van der Waals surface area contributed by atoms with Crippen molar-refractivity contribution in [3.8, 4) is 11.5 Å². The van der Waals surface area contributed by atoms with Crippen LogP contribution in [0.1, 0.15) is 23.2 Å². The third-order valence-electron chi connectivity index (χ3n) is 4.49. The number of ether oxygens (including phenoxy) is 4. The van der Waals surface area contributed by atoms with Crippen LogP contribution in [-0.4, -0.2) is 50.7 Å². The lowest BCUT2D eigenvalue weighted by molar-refractivity contribution is 0.0682. The summed E-state index contributed by atoms with van der Waals surface area (Å²) in [6.45, 7) is 2.03. The first-order chi connectivity index (χ1) is 14.7. The number of methoxy groups -OCH3 is 1. The molecule has 7 nitrogen and oxygen atoms in total. The van der Waals surface area contributed by atoms with Crippen LogP contribution < -0.4 is 20.1 Å². The van der Waals surface area contributed by atoms with Crippen molar-refractivity contribution < 1.29 is 23.7 Å². The van der Waals surface area contributed by atoms with Gasteiger partial charge in [0.2, 0.25) is 0 Å². The van der Waals surface area contributed by atoms with Gasteiger partial charge in [-0.2, -0.15) is 0 Å². The van der Waals surface area contributed by atoms with Gasteiger partial charge in [0.25, 0.3) is 5.91 Å². The highest BCUT2D eigenvalue weighted by Gasteiger charge is 2.18. The van der Waals surface area contributed by atoms with Crippen molar-refractivity contribution in [1.82, 2.24) is 5.32 Å². The van der Waals surface area contributed by atoms with Crippen LogP contribution in [0.5, 0.6) is 11.5 Å². The molecule has 160 valence electrons. The molecule has 1 heterocycles. The summed E-state index contributed by atoms with van der Waals surface area (Å²) in [5.41, 5.74) is 1.06. The van der Waals surface area contributed by atoms with Gasteiger partial charge >= 0.3 is 0 Å². The highest BCUT2D eigenvalue weighted by atomic mass is 32.1. The van der Waals surface area contributed by atoms with Crippen LogP contribution in [0, 0.1) is 0 Å². The Bertz CT molecular complexity index is 855. The van der Waals surface area contributed by atoms with E-state index < -0.39 is 0 Å². The fraction of sp³-hybridized carbons (Fsp3) is 0.364. The topological polar surface area (TPSA) is 78.1 Å². The molecule has 1 fully saturated rings. The summed E-state index contributed by atoms with van der Waals surface area (Å²) in [5.74, 6) is 0.751. The van der Waals surface area contributed by atoms with Crippen molar-refractivity contribution in [2.45, 2.75) is 18.9 Å². The predicted molar refractivity (Wildman–Crippen MR) is 118 cm³/mol. The quantitative estimate of drug-likeness (QED) is 0.466. The van der Waals surface area contributed by atoms with Crippen LogP contribution in [0.4, 0.5) is 5.69 Å². The number of amides is 1. The van der Waals surface area contributed by atoms with Crippen LogP contribution in [0.25, 0.3) is 0 Å². The molecule has 1 aliphatic rings. The molecule has 1 saturated heterocycles. The molecule has 8 heteroatoms. The number of nitrogens with one attached hydrogen (secondary N) is 2. The zero-order valence-corrected chi connectivity index (χ0v) is 17.7. The van der Waals surface area contributed by atoms with E-state index in [2.05, 4.69) is 10.6 Å². The Morgan fingerprint density at radius 1 is 1.10 bits per heavy atom. The minimum absolute atomic E-state index is 0.110. The monoisotopic (exact) mass is 430 g/mol. The van der Waals surface area contributed by atoms with Gasteiger partial charge in [-0.05, 0) is 49.3 Å². The molecular formula is C22H26N2O5S. The second kappa shape index (κ2) is 11.5. The largest absolute Gasteiger partial charge is 0.490 e. The van der Waals surface area contributed by atoms with Crippen LogP contribution in [0.3, 0.4) is 0 Å². The Labute approximate surface area is 181 Å². The van der Waals surface area contributed by atoms with Gasteiger partial charge in [0, 0.05) is 13.7 Å². The molecule has 2 N–H and O–H groups in total. The Morgan fingerprint density at radius 2 is 1.87 bits per heavy atom. The molecule has 0 aromatic heterocycles. The first-order valence-corrected chi connectivity index (χ1v) is 10.2. The van der Waals surface area contributed by atoms with Gasteiger partial charge in [0.15, 0.2) is 5.11 Å². The number of para-hydroxylation sites is 3. The van der Waals surface area contributed by atoms with Gasteiger partial charge in [-0.15, -0.1) is 0 Å². The fourth-order valence-electron chi connectivity index (χ4n) is 2.99. The lowest BCUT2D eigenvalue weighted by Gasteiger charge is -2.16. The summed E-state index contributed by atoms with van der Waals surface area (Å²) in [6, 6.07) is 14.4. The Kier molecular flexibility index (Phi) is 8.43. The maximum Gasteiger partial charge on any atom is 0.261 e. The van der Waals surface area contributed by atoms with Crippen molar-refractivity contribution in [3.05, 3.63) is 54.1 Å². The highest BCUT2D eigenvalue weighted by molar-refractivity contribution is 7.80. The molecule has 0 radical (unpaired) electrons. The van der Waals surface area contributed by atoms with E-state index in [-0.39, 0.29) is 17.1 Å². The van der Waals surface area contributed by atoms with E-state index in [1.807, 2.05) is 24.3 Å². The van der Waals surface area contributed by atoms with Crippen molar-refractivity contribution in [3.63, 3.8) is 0 Å². The normalized spacial score (nSPS) is 15.4. The standard InChI is InChI=1S/C22H26N2O5S/c1-26-13-14-28-19-10-4-2-8-17(19)21(25)24-22(30)23-18-9-3-5-11-20(18)29-15-16-7-6-12-27-16/h2-5,8-11,16H,6-7,12-15H2,1H3,(H2,23,24,25,30). The van der Waals surface area contributed by atoms with Gasteiger partial charge in [0.1, 0.15) is 24.7 Å². The number of benzene rings is 2. The van der Waals surface area contributed by atoms with E-state index in [9.17, 15) is 4.79 Å². The number of hydrogen-bond donors (Lipinski definition) is 2. The molecule has 2 aromatic rings. The Balaban J connectivity index is 1.58. The molecule has 1 aliphatic heterocycles. The first kappa shape index (κ1) is 22.0. The number of carbonyl (C=O) groups excluding carboxylic acids is 1. The molecule has 0 aliphatic carbocycles. The molecular weight excluding hydrogens is 404 g/mol. The molecule has 1 unspecified atom stereocenters. The maximum atomic E-state index is 12.7. The summed E-state index contributed by atoms with van der Waals surface area (Å²) >= 11 is 5.33. The van der Waals surface area contributed by atoms with Crippen molar-refractivity contribution >= 4 is 28.9 Å². The number of anilines is 1. The first-order valence-electron chi connectivity index (χ1n) is 9.84. The molecule has 30 heavy (non-hydrogen) atoms. The predicted octanol–water partition coefficient (Wildman–Crippen LogP) is 3.40. The van der Waals surface area contributed by atoms with Crippen LogP contribution in [-0.2, 0) is 9.47 Å². The zero-order chi connectivity index (χ0) is 21.2. The summed E-state index contributed by atoms with van der Waals surface area (Å²) in [5, 5.41) is 5.89. The second-order valence-electron chi connectivity index (χ2n) is 6.69. The molecule has 1 amide bonds. The number of hydrogen-bond acceptors (Lipinski definition) is 6. The van der Waals surface area contributed by atoms with Crippen LogP contribution >= 0.6 is 12.2 Å². The van der Waals surface area contributed by atoms with Gasteiger partial charge in [-0.25, -0.2) is 0 Å². The molecule has 0 saturated carbocycles. The molecule has 0 bridgehead atoms. The van der Waals surface area contributed by atoms with E-state index in [1.54, 1.807) is 31.4 Å². The Hall–Kier alpha value is -2.68. The third-order valence-corrected chi connectivity index (χ3v) is 4.69. The smallest absolute Gasteiger partial charge is 0.261 e. The lowest BCUT2D eigenvalue weighted by atomic mass is 10.2. The van der Waals surface area contributed by atoms with Gasteiger partial charge in [-0.1, -0.05) is 24.3 Å². The average molecular weight is 431 g/mol. The Morgan fingerprint density at radius 3 is 2.63 bits per heavy atom. The lowest BCUT2D eigenvalue weighted by Crippen LogP contribution is -2.34. The number of carbonyl (C=O) groups is 1. The maximum absolute atomic E-state index is 12.7. The van der Waals surface area contributed by atoms with Crippen LogP contribution in [0.15, 0.2) is 48.5 Å². The van der Waals surface area contributed by atoms with E-state index in [1.165, 1.54) is 0 Å². The molecule has 3 rings (SSSR count). The molecule has 1 atom stereocenters. The third kappa shape index (κ3) is 6.41. The summed E-state index contributed by atoms with van der Waals surface area (Å²) < 4.78 is 22.1. The highest BCUT2D eigenvalue weighted by Crippen LogP contribution is 2.25. The van der Waals surface area contributed by atoms with Gasteiger partial charge in [-0.3, -0.25) is 10.1 Å². The van der Waals surface area contributed by atoms with E-state index in [0.29, 0.717) is 42.6 Å². The van der Waals surface area contributed by atoms with Gasteiger partial charge < -0.3 is 24.3 Å². The fourth-order valence-corrected chi connectivity index (χ4v) is 3.20. The minimum atomic E-state index is -0.363. The second-order valence-corrected chi connectivity index (χ2v) is 7.10. The number of rotatable bonds is 9. The van der Waals surface area contributed by atoms with Crippen molar-refractivity contribution in [1.29, 1.82) is 0 Å². The van der Waals surface area contributed by atoms with E-state index in [4.69, 9.17) is 31.2 Å². The summed E-state index contributed by atoms with van der Waals surface area (Å²) in [6.07, 6.45) is 2.16. The van der Waals surface area contributed by atoms with E-state index in [0.717, 1.165) is 19.4 Å². The van der Waals surface area contributed by atoms with Crippen molar-refractivity contribution in [2.24, 2.45) is 0 Å².